The van der Waals surface area contributed by atoms with Crippen molar-refractivity contribution in [2.75, 3.05) is 22.4 Å². The van der Waals surface area contributed by atoms with Crippen LogP contribution in [0.3, 0.4) is 0 Å². The molecule has 0 aliphatic rings. The molecule has 0 bridgehead atoms. The van der Waals surface area contributed by atoms with Crippen LogP contribution in [0, 0.1) is 20.8 Å². The fraction of sp³-hybridized carbons (Fsp3) is 0.208. The molecule has 1 N–H and O–H groups in total. The van der Waals surface area contributed by atoms with Crippen molar-refractivity contribution in [3.05, 3.63) is 83.4 Å². The highest BCUT2D eigenvalue weighted by molar-refractivity contribution is 7.92. The lowest BCUT2D eigenvalue weighted by molar-refractivity contribution is -0.114. The summed E-state index contributed by atoms with van der Waals surface area (Å²) < 4.78 is 26.3. The van der Waals surface area contributed by atoms with Crippen LogP contribution in [-0.2, 0) is 14.8 Å². The molecular formula is C24H26N2O3S. The summed E-state index contributed by atoms with van der Waals surface area (Å²) in [6.45, 7) is 5.38. The zero-order valence-electron chi connectivity index (χ0n) is 17.6. The van der Waals surface area contributed by atoms with Crippen molar-refractivity contribution in [3.8, 4) is 11.1 Å². The van der Waals surface area contributed by atoms with Crippen molar-refractivity contribution < 1.29 is 13.2 Å². The summed E-state index contributed by atoms with van der Waals surface area (Å²) in [5.41, 5.74) is 5.71. The number of carbonyl (C=O) groups is 1. The van der Waals surface area contributed by atoms with E-state index in [2.05, 4.69) is 5.32 Å². The van der Waals surface area contributed by atoms with Gasteiger partial charge in [-0.25, -0.2) is 8.42 Å². The molecule has 30 heavy (non-hydrogen) atoms. The third-order valence-corrected chi connectivity index (χ3v) is 5.97. The summed E-state index contributed by atoms with van der Waals surface area (Å²) in [5.74, 6) is -0.400. The standard InChI is InChI=1S/C24H26N2O3S/c1-17-14-18(2)24(19(3)15-17)26(30(4,28)29)16-23(27)25-22-13-9-8-12-21(22)20-10-6-5-7-11-20/h5-15H,16H2,1-4H3,(H,25,27). The van der Waals surface area contributed by atoms with Gasteiger partial charge in [0.2, 0.25) is 15.9 Å². The molecule has 0 atom stereocenters. The lowest BCUT2D eigenvalue weighted by Crippen LogP contribution is -2.38. The predicted molar refractivity (Wildman–Crippen MR) is 123 cm³/mol. The van der Waals surface area contributed by atoms with Gasteiger partial charge in [-0.2, -0.15) is 0 Å². The summed E-state index contributed by atoms with van der Waals surface area (Å²) in [7, 11) is -3.65. The molecule has 3 aromatic rings. The van der Waals surface area contributed by atoms with Gasteiger partial charge in [0.05, 0.1) is 11.9 Å². The number of rotatable bonds is 6. The fourth-order valence-electron chi connectivity index (χ4n) is 3.71. The van der Waals surface area contributed by atoms with Gasteiger partial charge >= 0.3 is 0 Å². The zero-order valence-corrected chi connectivity index (χ0v) is 18.5. The molecule has 0 saturated heterocycles. The van der Waals surface area contributed by atoms with Crippen LogP contribution in [0.5, 0.6) is 0 Å². The molecular weight excluding hydrogens is 396 g/mol. The van der Waals surface area contributed by atoms with Gasteiger partial charge in [-0.1, -0.05) is 66.2 Å². The zero-order chi connectivity index (χ0) is 21.9. The first-order valence-corrected chi connectivity index (χ1v) is 11.5. The minimum absolute atomic E-state index is 0.299. The van der Waals surface area contributed by atoms with E-state index in [1.165, 1.54) is 4.31 Å². The topological polar surface area (TPSA) is 66.5 Å². The summed E-state index contributed by atoms with van der Waals surface area (Å²) >= 11 is 0. The molecule has 156 valence electrons. The molecule has 0 aliphatic carbocycles. The molecule has 0 spiro atoms. The second kappa shape index (κ2) is 8.71. The minimum atomic E-state index is -3.65. The first-order valence-electron chi connectivity index (χ1n) is 9.66. The Labute approximate surface area is 178 Å². The largest absolute Gasteiger partial charge is 0.324 e. The highest BCUT2D eigenvalue weighted by atomic mass is 32.2. The van der Waals surface area contributed by atoms with Gasteiger partial charge in [0.1, 0.15) is 6.54 Å². The molecule has 0 aliphatic heterocycles. The Morgan fingerprint density at radius 1 is 0.900 bits per heavy atom. The van der Waals surface area contributed by atoms with Crippen LogP contribution in [-0.4, -0.2) is 27.1 Å². The molecule has 0 radical (unpaired) electrons. The number of nitrogens with zero attached hydrogens (tertiary/aromatic N) is 1. The van der Waals surface area contributed by atoms with Crippen LogP contribution in [0.2, 0.25) is 0 Å². The van der Waals surface area contributed by atoms with Crippen molar-refractivity contribution in [1.29, 1.82) is 0 Å². The Morgan fingerprint density at radius 2 is 1.47 bits per heavy atom. The lowest BCUT2D eigenvalue weighted by atomic mass is 10.0. The number of hydrogen-bond donors (Lipinski definition) is 1. The van der Waals surface area contributed by atoms with Gasteiger partial charge in [-0.15, -0.1) is 0 Å². The maximum atomic E-state index is 12.9. The van der Waals surface area contributed by atoms with Gasteiger partial charge in [-0.3, -0.25) is 9.10 Å². The van der Waals surface area contributed by atoms with Gasteiger partial charge in [0, 0.05) is 11.3 Å². The summed E-state index contributed by atoms with van der Waals surface area (Å²) in [5, 5.41) is 2.89. The number of nitrogens with one attached hydrogen (secondary N) is 1. The molecule has 6 heteroatoms. The summed E-state index contributed by atoms with van der Waals surface area (Å²) in [6.07, 6.45) is 1.12. The third kappa shape index (κ3) is 4.89. The fourth-order valence-corrected chi connectivity index (χ4v) is 4.68. The maximum absolute atomic E-state index is 12.9. The minimum Gasteiger partial charge on any atom is -0.324 e. The number of amides is 1. The van der Waals surface area contributed by atoms with Crippen LogP contribution in [0.15, 0.2) is 66.7 Å². The van der Waals surface area contributed by atoms with E-state index >= 15 is 0 Å². The summed E-state index contributed by atoms with van der Waals surface area (Å²) in [4.78, 5) is 12.9. The normalized spacial score (nSPS) is 11.2. The van der Waals surface area contributed by atoms with Crippen molar-refractivity contribution in [2.24, 2.45) is 0 Å². The quantitative estimate of drug-likeness (QED) is 0.627. The van der Waals surface area contributed by atoms with E-state index in [4.69, 9.17) is 0 Å². The molecule has 0 fully saturated rings. The Hall–Kier alpha value is -3.12. The van der Waals surface area contributed by atoms with Gasteiger partial charge in [-0.05, 0) is 43.5 Å². The van der Waals surface area contributed by atoms with Gasteiger partial charge in [0.25, 0.3) is 0 Å². The average Bonchev–Trinajstić information content (AvgIpc) is 2.67. The number of carbonyl (C=O) groups excluding carboxylic acids is 1. The van der Waals surface area contributed by atoms with Crippen molar-refractivity contribution in [2.45, 2.75) is 20.8 Å². The van der Waals surface area contributed by atoms with E-state index in [0.717, 1.165) is 34.1 Å². The molecule has 3 rings (SSSR count). The van der Waals surface area contributed by atoms with E-state index in [9.17, 15) is 13.2 Å². The Bertz CT molecular complexity index is 1150. The number of hydrogen-bond acceptors (Lipinski definition) is 3. The molecule has 3 aromatic carbocycles. The van der Waals surface area contributed by atoms with E-state index in [-0.39, 0.29) is 6.54 Å². The van der Waals surface area contributed by atoms with E-state index in [1.807, 2.05) is 87.5 Å². The first kappa shape index (κ1) is 21.6. The SMILES string of the molecule is Cc1cc(C)c(N(CC(=O)Nc2ccccc2-c2ccccc2)S(C)(=O)=O)c(C)c1. The van der Waals surface area contributed by atoms with Crippen LogP contribution in [0.1, 0.15) is 16.7 Å². The maximum Gasteiger partial charge on any atom is 0.245 e. The second-order valence-electron chi connectivity index (χ2n) is 7.48. The average molecular weight is 423 g/mol. The van der Waals surface area contributed by atoms with Crippen molar-refractivity contribution in [3.63, 3.8) is 0 Å². The lowest BCUT2D eigenvalue weighted by Gasteiger charge is -2.26. The first-order chi connectivity index (χ1) is 14.2. The predicted octanol–water partition coefficient (Wildman–Crippen LogP) is 4.68. The number of para-hydroxylation sites is 1. The van der Waals surface area contributed by atoms with Crippen LogP contribution >= 0.6 is 0 Å². The van der Waals surface area contributed by atoms with Gasteiger partial charge < -0.3 is 5.32 Å². The van der Waals surface area contributed by atoms with Crippen LogP contribution in [0.25, 0.3) is 11.1 Å². The number of anilines is 2. The second-order valence-corrected chi connectivity index (χ2v) is 9.38. The van der Waals surface area contributed by atoms with Gasteiger partial charge in [0.15, 0.2) is 0 Å². The monoisotopic (exact) mass is 422 g/mol. The van der Waals surface area contributed by atoms with E-state index in [1.54, 1.807) is 0 Å². The molecule has 0 heterocycles. The number of sulfonamides is 1. The number of aryl methyl sites for hydroxylation is 3. The molecule has 0 saturated carbocycles. The van der Waals surface area contributed by atoms with Crippen LogP contribution in [0.4, 0.5) is 11.4 Å². The van der Waals surface area contributed by atoms with E-state index in [0.29, 0.717) is 11.4 Å². The summed E-state index contributed by atoms with van der Waals surface area (Å²) in [6, 6.07) is 21.0. The Balaban J connectivity index is 1.91. The van der Waals surface area contributed by atoms with Crippen molar-refractivity contribution >= 4 is 27.3 Å². The molecule has 5 nitrogen and oxygen atoms in total. The Kier molecular flexibility index (Phi) is 6.27. The highest BCUT2D eigenvalue weighted by Gasteiger charge is 2.24. The number of benzene rings is 3. The van der Waals surface area contributed by atoms with Crippen LogP contribution < -0.4 is 9.62 Å². The van der Waals surface area contributed by atoms with E-state index < -0.39 is 15.9 Å². The van der Waals surface area contributed by atoms with Crippen molar-refractivity contribution in [1.82, 2.24) is 0 Å². The smallest absolute Gasteiger partial charge is 0.245 e. The molecule has 0 aromatic heterocycles. The third-order valence-electron chi connectivity index (χ3n) is 4.86. The highest BCUT2D eigenvalue weighted by Crippen LogP contribution is 2.30. The Morgan fingerprint density at radius 3 is 2.07 bits per heavy atom. The molecule has 0 unspecified atom stereocenters. The molecule has 1 amide bonds.